The van der Waals surface area contributed by atoms with Gasteiger partial charge in [0.2, 0.25) is 0 Å². The molecule has 128 valence electrons. The van der Waals surface area contributed by atoms with Crippen molar-refractivity contribution in [2.75, 3.05) is 13.1 Å². The molecule has 1 aromatic carbocycles. The van der Waals surface area contributed by atoms with Gasteiger partial charge in [0, 0.05) is 29.8 Å². The summed E-state index contributed by atoms with van der Waals surface area (Å²) in [4.78, 5) is 22.7. The first-order valence-electron chi connectivity index (χ1n) is 7.58. The molecule has 1 unspecified atom stereocenters. The third-order valence-electron chi connectivity index (χ3n) is 4.47. The minimum Gasteiger partial charge on any atom is -0.350 e. The molecule has 0 radical (unpaired) electrons. The first kappa shape index (κ1) is 19.4. The highest BCUT2D eigenvalue weighted by Gasteiger charge is 2.32. The summed E-state index contributed by atoms with van der Waals surface area (Å²) in [6, 6.07) is 4.78. The Balaban J connectivity index is 0.00000264. The van der Waals surface area contributed by atoms with Crippen LogP contribution in [0.3, 0.4) is 0 Å². The lowest BCUT2D eigenvalue weighted by atomic mass is 9.77. The van der Waals surface area contributed by atoms with Gasteiger partial charge in [0.1, 0.15) is 0 Å². The summed E-state index contributed by atoms with van der Waals surface area (Å²) in [6.07, 6.45) is 2.26. The van der Waals surface area contributed by atoms with E-state index in [1.165, 1.54) is 6.07 Å². The number of rotatable bonds is 4. The van der Waals surface area contributed by atoms with Crippen molar-refractivity contribution >= 4 is 24.0 Å². The molecule has 1 fully saturated rings. The van der Waals surface area contributed by atoms with Gasteiger partial charge in [0.05, 0.1) is 4.92 Å². The van der Waals surface area contributed by atoms with E-state index >= 15 is 0 Å². The molecule has 23 heavy (non-hydrogen) atoms. The smallest absolute Gasteiger partial charge is 0.273 e. The van der Waals surface area contributed by atoms with Gasteiger partial charge in [-0.2, -0.15) is 0 Å². The van der Waals surface area contributed by atoms with Crippen LogP contribution in [0.1, 0.15) is 42.6 Å². The summed E-state index contributed by atoms with van der Waals surface area (Å²) in [5.74, 6) is -0.272. The number of benzene rings is 1. The van der Waals surface area contributed by atoms with Crippen LogP contribution in [0.5, 0.6) is 0 Å². The average molecular weight is 342 g/mol. The standard InChI is InChI=1S/C16H23N3O3.ClH/c1-11-5-6-12(9-13(11)19(21)22)15(20)18-10-14-16(2,3)7-4-8-17-14;/h5-6,9,14,17H,4,7-8,10H2,1-3H3,(H,18,20);1H. The third kappa shape index (κ3) is 4.65. The summed E-state index contributed by atoms with van der Waals surface area (Å²) in [5.41, 5.74) is 0.983. The number of nitro benzene ring substituents is 1. The molecule has 0 aliphatic carbocycles. The monoisotopic (exact) mass is 341 g/mol. The van der Waals surface area contributed by atoms with Gasteiger partial charge in [-0.15, -0.1) is 12.4 Å². The van der Waals surface area contributed by atoms with Crippen LogP contribution in [0.4, 0.5) is 5.69 Å². The molecule has 0 spiro atoms. The fourth-order valence-electron chi connectivity index (χ4n) is 2.86. The van der Waals surface area contributed by atoms with Crippen molar-refractivity contribution < 1.29 is 9.72 Å². The van der Waals surface area contributed by atoms with Gasteiger partial charge < -0.3 is 10.6 Å². The van der Waals surface area contributed by atoms with E-state index in [1.807, 2.05) is 0 Å². The number of carbonyl (C=O) groups excluding carboxylic acids is 1. The molecule has 1 amide bonds. The van der Waals surface area contributed by atoms with Gasteiger partial charge in [-0.1, -0.05) is 19.9 Å². The Morgan fingerprint density at radius 1 is 1.48 bits per heavy atom. The maximum atomic E-state index is 12.2. The Hall–Kier alpha value is -1.66. The molecule has 1 heterocycles. The Morgan fingerprint density at radius 2 is 2.17 bits per heavy atom. The van der Waals surface area contributed by atoms with Crippen molar-refractivity contribution in [2.45, 2.75) is 39.7 Å². The first-order valence-corrected chi connectivity index (χ1v) is 7.58. The molecule has 0 bridgehead atoms. The van der Waals surface area contributed by atoms with Gasteiger partial charge in [-0.3, -0.25) is 14.9 Å². The minimum absolute atomic E-state index is 0. The molecular weight excluding hydrogens is 318 g/mol. The Morgan fingerprint density at radius 3 is 2.78 bits per heavy atom. The fraction of sp³-hybridized carbons (Fsp3) is 0.562. The Kier molecular flexibility index (Phi) is 6.53. The average Bonchev–Trinajstić information content (AvgIpc) is 2.45. The highest BCUT2D eigenvalue weighted by Crippen LogP contribution is 2.29. The lowest BCUT2D eigenvalue weighted by Crippen LogP contribution is -2.52. The number of nitro groups is 1. The molecule has 6 nitrogen and oxygen atoms in total. The summed E-state index contributed by atoms with van der Waals surface area (Å²) < 4.78 is 0. The number of aryl methyl sites for hydroxylation is 1. The predicted molar refractivity (Wildman–Crippen MR) is 92.2 cm³/mol. The van der Waals surface area contributed by atoms with Crippen LogP contribution in [0.2, 0.25) is 0 Å². The Labute approximate surface area is 142 Å². The quantitative estimate of drug-likeness (QED) is 0.651. The second kappa shape index (κ2) is 7.75. The summed E-state index contributed by atoms with van der Waals surface area (Å²) in [5, 5.41) is 17.3. The van der Waals surface area contributed by atoms with Gasteiger partial charge >= 0.3 is 0 Å². The van der Waals surface area contributed by atoms with Crippen LogP contribution in [0.25, 0.3) is 0 Å². The number of amides is 1. The molecular formula is C16H24ClN3O3. The summed E-state index contributed by atoms with van der Waals surface area (Å²) >= 11 is 0. The molecule has 2 N–H and O–H groups in total. The molecule has 0 saturated carbocycles. The van der Waals surface area contributed by atoms with E-state index in [1.54, 1.807) is 19.1 Å². The molecule has 1 aromatic rings. The van der Waals surface area contributed by atoms with Crippen molar-refractivity contribution in [1.29, 1.82) is 0 Å². The maximum absolute atomic E-state index is 12.2. The Bertz CT molecular complexity index is 590. The maximum Gasteiger partial charge on any atom is 0.273 e. The fourth-order valence-corrected chi connectivity index (χ4v) is 2.86. The molecule has 1 atom stereocenters. The molecule has 1 saturated heterocycles. The number of carbonyl (C=O) groups is 1. The summed E-state index contributed by atoms with van der Waals surface area (Å²) in [6.45, 7) is 7.52. The number of nitrogens with one attached hydrogen (secondary N) is 2. The van der Waals surface area contributed by atoms with E-state index in [0.29, 0.717) is 17.7 Å². The van der Waals surface area contributed by atoms with Gasteiger partial charge in [0.15, 0.2) is 0 Å². The topological polar surface area (TPSA) is 84.3 Å². The predicted octanol–water partition coefficient (Wildman–Crippen LogP) is 2.83. The second-order valence-corrected chi connectivity index (χ2v) is 6.57. The molecule has 1 aliphatic rings. The van der Waals surface area contributed by atoms with Crippen LogP contribution < -0.4 is 10.6 Å². The number of piperidine rings is 1. The summed E-state index contributed by atoms with van der Waals surface area (Å²) in [7, 11) is 0. The van der Waals surface area contributed by atoms with E-state index in [0.717, 1.165) is 19.4 Å². The zero-order valence-electron chi connectivity index (χ0n) is 13.7. The minimum atomic E-state index is -0.460. The third-order valence-corrected chi connectivity index (χ3v) is 4.47. The van der Waals surface area contributed by atoms with Crippen molar-refractivity contribution in [3.63, 3.8) is 0 Å². The van der Waals surface area contributed by atoms with Crippen LogP contribution in [-0.4, -0.2) is 30.0 Å². The van der Waals surface area contributed by atoms with E-state index in [2.05, 4.69) is 24.5 Å². The van der Waals surface area contributed by atoms with E-state index < -0.39 is 4.92 Å². The highest BCUT2D eigenvalue weighted by molar-refractivity contribution is 5.95. The SMILES string of the molecule is Cc1ccc(C(=O)NCC2NCCCC2(C)C)cc1[N+](=O)[O-].Cl. The molecule has 0 aromatic heterocycles. The second-order valence-electron chi connectivity index (χ2n) is 6.57. The lowest BCUT2D eigenvalue weighted by molar-refractivity contribution is -0.385. The zero-order chi connectivity index (χ0) is 16.3. The van der Waals surface area contributed by atoms with E-state index in [9.17, 15) is 14.9 Å². The van der Waals surface area contributed by atoms with Crippen LogP contribution in [-0.2, 0) is 0 Å². The van der Waals surface area contributed by atoms with E-state index in [-0.39, 0.29) is 35.5 Å². The van der Waals surface area contributed by atoms with Crippen LogP contribution in [0, 0.1) is 22.5 Å². The highest BCUT2D eigenvalue weighted by atomic mass is 35.5. The molecule has 2 rings (SSSR count). The van der Waals surface area contributed by atoms with Crippen LogP contribution >= 0.6 is 12.4 Å². The number of halogens is 1. The lowest BCUT2D eigenvalue weighted by Gasteiger charge is -2.39. The molecule has 1 aliphatic heterocycles. The normalized spacial score (nSPS) is 19.5. The van der Waals surface area contributed by atoms with Crippen molar-refractivity contribution in [3.8, 4) is 0 Å². The van der Waals surface area contributed by atoms with Crippen molar-refractivity contribution in [1.82, 2.24) is 10.6 Å². The van der Waals surface area contributed by atoms with E-state index in [4.69, 9.17) is 0 Å². The van der Waals surface area contributed by atoms with Gasteiger partial charge in [0.25, 0.3) is 11.6 Å². The van der Waals surface area contributed by atoms with Gasteiger partial charge in [-0.25, -0.2) is 0 Å². The largest absolute Gasteiger partial charge is 0.350 e. The number of nitrogens with zero attached hydrogens (tertiary/aromatic N) is 1. The van der Waals surface area contributed by atoms with Gasteiger partial charge in [-0.05, 0) is 37.8 Å². The van der Waals surface area contributed by atoms with Crippen molar-refractivity contribution in [2.24, 2.45) is 5.41 Å². The van der Waals surface area contributed by atoms with Crippen LogP contribution in [0.15, 0.2) is 18.2 Å². The molecule has 7 heteroatoms. The zero-order valence-corrected chi connectivity index (χ0v) is 14.5. The first-order chi connectivity index (χ1) is 10.3. The number of hydrogen-bond donors (Lipinski definition) is 2. The van der Waals surface area contributed by atoms with Crippen molar-refractivity contribution in [3.05, 3.63) is 39.4 Å². The number of hydrogen-bond acceptors (Lipinski definition) is 4.